The number of carbonyl (C=O) groups excluding carboxylic acids is 1. The largest absolute Gasteiger partial charge is 0.508 e. The van der Waals surface area contributed by atoms with Gasteiger partial charge in [-0.3, -0.25) is 4.79 Å². The number of likely N-dealkylation sites (tertiary alicyclic amines) is 1. The summed E-state index contributed by atoms with van der Waals surface area (Å²) in [4.78, 5) is 14.8. The molecule has 1 aliphatic carbocycles. The van der Waals surface area contributed by atoms with Crippen molar-refractivity contribution in [2.45, 2.75) is 18.6 Å². The number of carbonyl (C=O) groups is 1. The van der Waals surface area contributed by atoms with Crippen LogP contribution in [0, 0.1) is 11.8 Å². The van der Waals surface area contributed by atoms with Gasteiger partial charge in [-0.15, -0.1) is 0 Å². The first kappa shape index (κ1) is 19.2. The molecule has 0 radical (unpaired) electrons. The van der Waals surface area contributed by atoms with Crippen LogP contribution in [0.2, 0.25) is 5.02 Å². The highest BCUT2D eigenvalue weighted by atomic mass is 35.5. The van der Waals surface area contributed by atoms with Gasteiger partial charge in [-0.05, 0) is 38.2 Å². The molecular weight excluding hydrogens is 382 g/mol. The number of halogens is 1. The zero-order chi connectivity index (χ0) is 20.0. The second kappa shape index (κ2) is 7.37. The molecule has 1 aromatic rings. The lowest BCUT2D eigenvalue weighted by Gasteiger charge is -2.39. The van der Waals surface area contributed by atoms with E-state index in [0.29, 0.717) is 29.1 Å². The lowest BCUT2D eigenvalue weighted by atomic mass is 9.77. The molecule has 3 aliphatic rings. The summed E-state index contributed by atoms with van der Waals surface area (Å²) in [6.07, 6.45) is 1.27. The van der Waals surface area contributed by atoms with E-state index in [0.717, 1.165) is 6.54 Å². The van der Waals surface area contributed by atoms with Gasteiger partial charge in [-0.2, -0.15) is 0 Å². The summed E-state index contributed by atoms with van der Waals surface area (Å²) >= 11 is 6.26. The molecule has 0 aromatic heterocycles. The Bertz CT molecular complexity index is 906. The summed E-state index contributed by atoms with van der Waals surface area (Å²) in [6, 6.07) is 6.99. The maximum Gasteiger partial charge on any atom is 0.173 e. The van der Waals surface area contributed by atoms with Crippen LogP contribution in [-0.4, -0.2) is 58.3 Å². The topological polar surface area (TPSA) is 90.2 Å². The molecule has 0 bridgehead atoms. The molecule has 0 spiro atoms. The van der Waals surface area contributed by atoms with Crippen LogP contribution in [0.4, 0.5) is 0 Å². The van der Waals surface area contributed by atoms with Crippen LogP contribution in [0.3, 0.4) is 0 Å². The molecule has 7 heteroatoms. The molecule has 0 saturated carbocycles. The maximum atomic E-state index is 12.8. The third-order valence-electron chi connectivity index (χ3n) is 5.59. The number of ether oxygens (including phenoxy) is 1. The molecule has 2 heterocycles. The third kappa shape index (κ3) is 3.26. The van der Waals surface area contributed by atoms with Crippen molar-refractivity contribution in [2.24, 2.45) is 11.8 Å². The predicted octanol–water partition coefficient (Wildman–Crippen LogP) is 2.28. The number of nitrogens with zero attached hydrogens (tertiary/aromatic N) is 1. The van der Waals surface area contributed by atoms with E-state index in [9.17, 15) is 20.1 Å². The lowest BCUT2D eigenvalue weighted by molar-refractivity contribution is -0.121. The maximum absolute atomic E-state index is 12.8. The van der Waals surface area contributed by atoms with Crippen molar-refractivity contribution in [1.29, 1.82) is 0 Å². The molecule has 4 atom stereocenters. The molecule has 1 fully saturated rings. The van der Waals surface area contributed by atoms with Crippen molar-refractivity contribution in [1.82, 2.24) is 4.90 Å². The number of aliphatic hydroxyl groups is 3. The van der Waals surface area contributed by atoms with Crippen LogP contribution in [-0.2, 0) is 9.53 Å². The highest BCUT2D eigenvalue weighted by molar-refractivity contribution is 6.32. The highest BCUT2D eigenvalue weighted by Gasteiger charge is 2.44. The Morgan fingerprint density at radius 1 is 1.25 bits per heavy atom. The molecule has 28 heavy (non-hydrogen) atoms. The van der Waals surface area contributed by atoms with Crippen molar-refractivity contribution in [3.63, 3.8) is 0 Å². The van der Waals surface area contributed by atoms with Crippen LogP contribution in [0.1, 0.15) is 12.0 Å². The minimum Gasteiger partial charge on any atom is -0.508 e. The average molecular weight is 404 g/mol. The molecule has 4 rings (SSSR count). The van der Waals surface area contributed by atoms with E-state index >= 15 is 0 Å². The molecule has 2 aliphatic heterocycles. The number of fused-ring (bicyclic) bond motifs is 1. The minimum atomic E-state index is -1.20. The van der Waals surface area contributed by atoms with Gasteiger partial charge in [-0.25, -0.2) is 0 Å². The quantitative estimate of drug-likeness (QED) is 0.702. The van der Waals surface area contributed by atoms with E-state index in [4.69, 9.17) is 16.3 Å². The van der Waals surface area contributed by atoms with Gasteiger partial charge in [0, 0.05) is 29.7 Å². The second-order valence-electron chi connectivity index (χ2n) is 7.52. The second-order valence-corrected chi connectivity index (χ2v) is 7.92. The Balaban J connectivity index is 1.81. The number of rotatable bonds is 2. The molecule has 1 saturated heterocycles. The van der Waals surface area contributed by atoms with Crippen LogP contribution in [0.25, 0.3) is 5.76 Å². The van der Waals surface area contributed by atoms with Gasteiger partial charge in [0.15, 0.2) is 5.78 Å². The predicted molar refractivity (Wildman–Crippen MR) is 104 cm³/mol. The smallest absolute Gasteiger partial charge is 0.173 e. The zero-order valence-electron chi connectivity index (χ0n) is 15.4. The van der Waals surface area contributed by atoms with E-state index in [-0.39, 0.29) is 23.1 Å². The van der Waals surface area contributed by atoms with Crippen molar-refractivity contribution in [3.05, 3.63) is 64.1 Å². The first-order valence-corrected chi connectivity index (χ1v) is 9.62. The number of hydrogen-bond donors (Lipinski definition) is 3. The molecule has 0 amide bonds. The number of aliphatic hydroxyl groups excluding tert-OH is 3. The molecule has 6 nitrogen and oxygen atoms in total. The number of β-amino-alcohol motifs (C(OH)–C–C–N with tert-alkyl or cyclic N) is 1. The Hall–Kier alpha value is -2.12. The number of ketones is 1. The van der Waals surface area contributed by atoms with E-state index in [1.807, 2.05) is 11.9 Å². The summed E-state index contributed by atoms with van der Waals surface area (Å²) in [6.45, 7) is 1.18. The van der Waals surface area contributed by atoms with E-state index in [1.54, 1.807) is 24.3 Å². The van der Waals surface area contributed by atoms with Crippen molar-refractivity contribution < 1.29 is 24.9 Å². The number of benzene rings is 1. The number of allylic oxidation sites excluding steroid dienone is 2. The molecule has 3 N–H and O–H groups in total. The highest BCUT2D eigenvalue weighted by Crippen LogP contribution is 2.43. The van der Waals surface area contributed by atoms with E-state index in [1.165, 1.54) is 12.2 Å². The SMILES string of the molecule is CN1CCC(C2=C3OC(c4ccccc4Cl)=CC(=O)C3C(O)C=C2O)[C@H](O)C1. The first-order valence-electron chi connectivity index (χ1n) is 9.25. The summed E-state index contributed by atoms with van der Waals surface area (Å²) in [7, 11) is 1.92. The number of piperidine rings is 1. The Labute approximate surface area is 168 Å². The standard InChI is InChI=1S/C21H22ClNO5/c1-23-7-6-12(17(27)10-23)19-14(24)8-15(25)20-16(26)9-18(28-21(19)20)11-4-2-3-5-13(11)22/h2-5,8-9,12,15,17,20,24-25,27H,6-7,10H2,1H3/t12?,15?,17-,20?/m1/s1. The third-order valence-corrected chi connectivity index (χ3v) is 5.92. The van der Waals surface area contributed by atoms with Crippen molar-refractivity contribution in [2.75, 3.05) is 20.1 Å². The Kier molecular flexibility index (Phi) is 5.05. The van der Waals surface area contributed by atoms with Gasteiger partial charge < -0.3 is 25.0 Å². The molecule has 1 aromatic carbocycles. The summed E-state index contributed by atoms with van der Waals surface area (Å²) in [5.41, 5.74) is 0.942. The van der Waals surface area contributed by atoms with Crippen molar-refractivity contribution >= 4 is 23.1 Å². The lowest BCUT2D eigenvalue weighted by Crippen LogP contribution is -2.45. The van der Waals surface area contributed by atoms with E-state index < -0.39 is 24.0 Å². The normalized spacial score (nSPS) is 31.1. The van der Waals surface area contributed by atoms with Crippen LogP contribution >= 0.6 is 11.6 Å². The minimum absolute atomic E-state index is 0.152. The molecule has 3 unspecified atom stereocenters. The fraction of sp³-hybridized carbons (Fsp3) is 0.381. The first-order chi connectivity index (χ1) is 13.4. The van der Waals surface area contributed by atoms with Crippen LogP contribution in [0.15, 0.2) is 53.5 Å². The summed E-state index contributed by atoms with van der Waals surface area (Å²) in [5.74, 6) is -1.35. The van der Waals surface area contributed by atoms with Crippen LogP contribution in [0.5, 0.6) is 0 Å². The monoisotopic (exact) mass is 403 g/mol. The fourth-order valence-corrected chi connectivity index (χ4v) is 4.40. The average Bonchev–Trinajstić information content (AvgIpc) is 2.63. The fourth-order valence-electron chi connectivity index (χ4n) is 4.17. The van der Waals surface area contributed by atoms with Crippen molar-refractivity contribution in [3.8, 4) is 0 Å². The van der Waals surface area contributed by atoms with Gasteiger partial charge in [0.2, 0.25) is 0 Å². The Morgan fingerprint density at radius 2 is 2.00 bits per heavy atom. The summed E-state index contributed by atoms with van der Waals surface area (Å²) in [5, 5.41) is 32.0. The zero-order valence-corrected chi connectivity index (χ0v) is 16.1. The van der Waals surface area contributed by atoms with Gasteiger partial charge >= 0.3 is 0 Å². The molecular formula is C21H22ClNO5. The number of likely N-dealkylation sites (N-methyl/N-ethyl adjacent to an activating group) is 1. The van der Waals surface area contributed by atoms with Gasteiger partial charge in [0.05, 0.1) is 17.2 Å². The number of hydrogen-bond acceptors (Lipinski definition) is 6. The summed E-state index contributed by atoms with van der Waals surface area (Å²) < 4.78 is 6.06. The Morgan fingerprint density at radius 3 is 2.71 bits per heavy atom. The van der Waals surface area contributed by atoms with Gasteiger partial charge in [0.1, 0.15) is 23.2 Å². The van der Waals surface area contributed by atoms with Crippen LogP contribution < -0.4 is 0 Å². The van der Waals surface area contributed by atoms with E-state index in [2.05, 4.69) is 0 Å². The van der Waals surface area contributed by atoms with Gasteiger partial charge in [-0.1, -0.05) is 23.7 Å². The van der Waals surface area contributed by atoms with Gasteiger partial charge in [0.25, 0.3) is 0 Å². The molecule has 148 valence electrons.